The minimum atomic E-state index is 0.0438. The molecule has 0 saturated carbocycles. The number of aromatic nitrogens is 1. The Hall–Kier alpha value is -1.58. The van der Waals surface area contributed by atoms with Crippen molar-refractivity contribution >= 4 is 34.8 Å². The fraction of sp³-hybridized carbons (Fsp3) is 0.250. The molecule has 0 atom stereocenters. The minimum Gasteiger partial charge on any atom is -0.310 e. The number of hydrogen-bond acceptors (Lipinski definition) is 2. The van der Waals surface area contributed by atoms with Crippen LogP contribution in [0.5, 0.6) is 0 Å². The molecule has 5 heteroatoms. The highest BCUT2D eigenvalue weighted by molar-refractivity contribution is 6.34. The van der Waals surface area contributed by atoms with Crippen molar-refractivity contribution in [2.75, 3.05) is 11.4 Å². The number of anilines is 1. The van der Waals surface area contributed by atoms with Crippen molar-refractivity contribution in [3.05, 3.63) is 57.8 Å². The summed E-state index contributed by atoms with van der Waals surface area (Å²) in [6, 6.07) is 7.20. The Morgan fingerprint density at radius 1 is 1.24 bits per heavy atom. The lowest BCUT2D eigenvalue weighted by Gasteiger charge is -2.29. The number of aryl methyl sites for hydroxylation is 1. The van der Waals surface area contributed by atoms with Crippen LogP contribution in [0.15, 0.2) is 36.7 Å². The SMILES string of the molecule is O=C(Cc1cc(Cl)cc(Cl)c1)N1CCCc2ccncc21. The van der Waals surface area contributed by atoms with Crippen LogP contribution in [0, 0.1) is 0 Å². The summed E-state index contributed by atoms with van der Waals surface area (Å²) < 4.78 is 0. The summed E-state index contributed by atoms with van der Waals surface area (Å²) >= 11 is 12.0. The molecule has 0 N–H and O–H groups in total. The molecule has 108 valence electrons. The van der Waals surface area contributed by atoms with Crippen molar-refractivity contribution in [2.24, 2.45) is 0 Å². The summed E-state index contributed by atoms with van der Waals surface area (Å²) in [5, 5.41) is 1.09. The van der Waals surface area contributed by atoms with Crippen LogP contribution in [0.2, 0.25) is 10.0 Å². The molecule has 3 rings (SSSR count). The zero-order chi connectivity index (χ0) is 14.8. The molecule has 0 spiro atoms. The van der Waals surface area contributed by atoms with E-state index in [0.29, 0.717) is 10.0 Å². The normalized spacial score (nSPS) is 13.9. The van der Waals surface area contributed by atoms with Crippen LogP contribution in [0.1, 0.15) is 17.5 Å². The van der Waals surface area contributed by atoms with E-state index < -0.39 is 0 Å². The Morgan fingerprint density at radius 3 is 2.76 bits per heavy atom. The molecule has 2 heterocycles. The Kier molecular flexibility index (Phi) is 4.13. The quantitative estimate of drug-likeness (QED) is 0.840. The Balaban J connectivity index is 1.83. The first kappa shape index (κ1) is 14.4. The van der Waals surface area contributed by atoms with Gasteiger partial charge in [0.1, 0.15) is 0 Å². The summed E-state index contributed by atoms with van der Waals surface area (Å²) in [7, 11) is 0. The Bertz CT molecular complexity index is 667. The molecule has 1 amide bonds. The van der Waals surface area contributed by atoms with Crippen molar-refractivity contribution < 1.29 is 4.79 Å². The molecule has 1 aromatic carbocycles. The van der Waals surface area contributed by atoms with Gasteiger partial charge in [-0.05, 0) is 48.2 Å². The Labute approximate surface area is 133 Å². The van der Waals surface area contributed by atoms with Crippen LogP contribution in [0.3, 0.4) is 0 Å². The maximum Gasteiger partial charge on any atom is 0.231 e. The van der Waals surface area contributed by atoms with E-state index in [1.54, 1.807) is 35.5 Å². The second kappa shape index (κ2) is 6.04. The van der Waals surface area contributed by atoms with E-state index in [0.717, 1.165) is 30.6 Å². The minimum absolute atomic E-state index is 0.0438. The third-order valence-corrected chi connectivity index (χ3v) is 4.02. The Morgan fingerprint density at radius 2 is 2.00 bits per heavy atom. The van der Waals surface area contributed by atoms with Gasteiger partial charge < -0.3 is 4.90 Å². The number of pyridine rings is 1. The summed E-state index contributed by atoms with van der Waals surface area (Å²) in [6.07, 6.45) is 5.78. The van der Waals surface area contributed by atoms with Gasteiger partial charge in [0.25, 0.3) is 0 Å². The maximum absolute atomic E-state index is 12.6. The van der Waals surface area contributed by atoms with Crippen LogP contribution >= 0.6 is 23.2 Å². The van der Waals surface area contributed by atoms with E-state index in [4.69, 9.17) is 23.2 Å². The second-order valence-electron chi connectivity index (χ2n) is 5.11. The molecule has 3 nitrogen and oxygen atoms in total. The van der Waals surface area contributed by atoms with Crippen molar-refractivity contribution in [1.82, 2.24) is 4.98 Å². The number of carbonyl (C=O) groups is 1. The van der Waals surface area contributed by atoms with Gasteiger partial charge in [0.05, 0.1) is 18.3 Å². The van der Waals surface area contributed by atoms with Crippen molar-refractivity contribution in [1.29, 1.82) is 0 Å². The average Bonchev–Trinajstić information content (AvgIpc) is 2.45. The van der Waals surface area contributed by atoms with Gasteiger partial charge in [-0.25, -0.2) is 0 Å². The van der Waals surface area contributed by atoms with Gasteiger partial charge in [0, 0.05) is 22.8 Å². The van der Waals surface area contributed by atoms with Gasteiger partial charge >= 0.3 is 0 Å². The third kappa shape index (κ3) is 3.20. The first-order valence-electron chi connectivity index (χ1n) is 6.82. The fourth-order valence-electron chi connectivity index (χ4n) is 2.66. The summed E-state index contributed by atoms with van der Waals surface area (Å²) in [6.45, 7) is 0.728. The number of nitrogens with zero attached hydrogens (tertiary/aromatic N) is 2. The van der Waals surface area contributed by atoms with Gasteiger partial charge in [-0.2, -0.15) is 0 Å². The number of fused-ring (bicyclic) bond motifs is 1. The smallest absolute Gasteiger partial charge is 0.231 e. The molecule has 0 saturated heterocycles. The van der Waals surface area contributed by atoms with E-state index >= 15 is 0 Å². The highest BCUT2D eigenvalue weighted by atomic mass is 35.5. The van der Waals surface area contributed by atoms with Crippen molar-refractivity contribution in [3.8, 4) is 0 Å². The van der Waals surface area contributed by atoms with Crippen LogP contribution in [0.25, 0.3) is 0 Å². The molecule has 21 heavy (non-hydrogen) atoms. The lowest BCUT2D eigenvalue weighted by Crippen LogP contribution is -2.36. The first-order valence-corrected chi connectivity index (χ1v) is 7.57. The van der Waals surface area contributed by atoms with Crippen LogP contribution in [-0.4, -0.2) is 17.4 Å². The van der Waals surface area contributed by atoms with Crippen molar-refractivity contribution in [3.63, 3.8) is 0 Å². The molecule has 0 radical (unpaired) electrons. The monoisotopic (exact) mass is 320 g/mol. The third-order valence-electron chi connectivity index (χ3n) is 3.58. The molecular formula is C16H14Cl2N2O. The van der Waals surface area contributed by atoms with E-state index in [1.807, 2.05) is 6.07 Å². The lowest BCUT2D eigenvalue weighted by molar-refractivity contribution is -0.118. The highest BCUT2D eigenvalue weighted by Crippen LogP contribution is 2.27. The molecule has 0 fully saturated rings. The average molecular weight is 321 g/mol. The number of carbonyl (C=O) groups excluding carboxylic acids is 1. The van der Waals surface area contributed by atoms with E-state index in [2.05, 4.69) is 4.98 Å². The topological polar surface area (TPSA) is 33.2 Å². The first-order chi connectivity index (χ1) is 10.1. The molecule has 1 aliphatic heterocycles. The summed E-state index contributed by atoms with van der Waals surface area (Å²) in [4.78, 5) is 18.5. The van der Waals surface area contributed by atoms with Crippen LogP contribution < -0.4 is 4.90 Å². The summed E-state index contributed by atoms with van der Waals surface area (Å²) in [5.41, 5.74) is 2.92. The molecular weight excluding hydrogens is 307 g/mol. The fourth-order valence-corrected chi connectivity index (χ4v) is 3.23. The predicted octanol–water partition coefficient (Wildman–Crippen LogP) is 3.91. The van der Waals surface area contributed by atoms with Crippen LogP contribution in [-0.2, 0) is 17.6 Å². The highest BCUT2D eigenvalue weighted by Gasteiger charge is 2.22. The zero-order valence-electron chi connectivity index (χ0n) is 11.4. The van der Waals surface area contributed by atoms with Gasteiger partial charge in [-0.1, -0.05) is 23.2 Å². The summed E-state index contributed by atoms with van der Waals surface area (Å²) in [5.74, 6) is 0.0438. The number of halogens is 2. The number of amides is 1. The number of benzene rings is 1. The second-order valence-corrected chi connectivity index (χ2v) is 5.98. The number of hydrogen-bond donors (Lipinski definition) is 0. The van der Waals surface area contributed by atoms with Crippen molar-refractivity contribution in [2.45, 2.75) is 19.3 Å². The largest absolute Gasteiger partial charge is 0.310 e. The van der Waals surface area contributed by atoms with E-state index in [1.165, 1.54) is 5.56 Å². The lowest BCUT2D eigenvalue weighted by atomic mass is 10.0. The van der Waals surface area contributed by atoms with Gasteiger partial charge in [-0.15, -0.1) is 0 Å². The molecule has 0 aliphatic carbocycles. The number of rotatable bonds is 2. The molecule has 1 aliphatic rings. The van der Waals surface area contributed by atoms with Gasteiger partial charge in [0.15, 0.2) is 0 Å². The standard InChI is InChI=1S/C16H14Cl2N2O/c17-13-6-11(7-14(18)9-13)8-16(21)20-5-1-2-12-3-4-19-10-15(12)20/h3-4,6-7,9-10H,1-2,5,8H2. The molecule has 1 aromatic heterocycles. The van der Waals surface area contributed by atoms with E-state index in [-0.39, 0.29) is 12.3 Å². The van der Waals surface area contributed by atoms with Gasteiger partial charge in [0.2, 0.25) is 5.91 Å². The van der Waals surface area contributed by atoms with E-state index in [9.17, 15) is 4.79 Å². The van der Waals surface area contributed by atoms with Crippen LogP contribution in [0.4, 0.5) is 5.69 Å². The van der Waals surface area contributed by atoms with Gasteiger partial charge in [-0.3, -0.25) is 9.78 Å². The molecule has 0 bridgehead atoms. The predicted molar refractivity (Wildman–Crippen MR) is 85.1 cm³/mol. The maximum atomic E-state index is 12.6. The molecule has 2 aromatic rings. The molecule has 0 unspecified atom stereocenters. The zero-order valence-corrected chi connectivity index (χ0v) is 12.9.